The smallest absolute Gasteiger partial charge is 0.243 e. The van der Waals surface area contributed by atoms with E-state index in [2.05, 4.69) is 40.0 Å². The number of likely N-dealkylation sites (N-methyl/N-ethyl adjacent to an activating group) is 1. The molecular formula is C14H18N4OS2. The summed E-state index contributed by atoms with van der Waals surface area (Å²) in [5, 5.41) is 10.8. The second-order valence-electron chi connectivity index (χ2n) is 4.68. The number of carbonyl (C=O) groups is 1. The molecule has 1 amide bonds. The summed E-state index contributed by atoms with van der Waals surface area (Å²) in [5.74, 6) is -0.0738. The maximum atomic E-state index is 12.1. The van der Waals surface area contributed by atoms with Gasteiger partial charge in [-0.05, 0) is 37.9 Å². The van der Waals surface area contributed by atoms with E-state index >= 15 is 0 Å². The topological polar surface area (TPSA) is 58.1 Å². The third-order valence-electron chi connectivity index (χ3n) is 3.20. The molecule has 0 aliphatic carbocycles. The SMILES string of the molecule is CSc1cccc(CN(C)[C@@H](C)C(=O)Nc2nncs2)c1. The maximum absolute atomic E-state index is 12.1. The van der Waals surface area contributed by atoms with Crippen LogP contribution in [0.4, 0.5) is 5.13 Å². The minimum atomic E-state index is -0.244. The summed E-state index contributed by atoms with van der Waals surface area (Å²) in [6, 6.07) is 8.11. The predicted octanol–water partition coefficient (Wildman–Crippen LogP) is 2.72. The van der Waals surface area contributed by atoms with E-state index in [1.54, 1.807) is 17.3 Å². The highest BCUT2D eigenvalue weighted by atomic mass is 32.2. The lowest BCUT2D eigenvalue weighted by molar-refractivity contribution is -0.120. The molecule has 0 radical (unpaired) electrons. The van der Waals surface area contributed by atoms with Gasteiger partial charge in [-0.15, -0.1) is 22.0 Å². The first-order chi connectivity index (χ1) is 10.1. The van der Waals surface area contributed by atoms with Gasteiger partial charge in [-0.2, -0.15) is 0 Å². The zero-order valence-corrected chi connectivity index (χ0v) is 13.9. The number of nitrogens with one attached hydrogen (secondary N) is 1. The van der Waals surface area contributed by atoms with Gasteiger partial charge in [0.1, 0.15) is 5.51 Å². The van der Waals surface area contributed by atoms with Gasteiger partial charge in [0.05, 0.1) is 6.04 Å². The Bertz CT molecular complexity index is 588. The van der Waals surface area contributed by atoms with E-state index < -0.39 is 0 Å². The van der Waals surface area contributed by atoms with Crippen molar-refractivity contribution in [1.29, 1.82) is 0 Å². The van der Waals surface area contributed by atoms with Gasteiger partial charge in [0.15, 0.2) is 0 Å². The van der Waals surface area contributed by atoms with Crippen molar-refractivity contribution in [3.05, 3.63) is 35.3 Å². The highest BCUT2D eigenvalue weighted by Gasteiger charge is 2.19. The van der Waals surface area contributed by atoms with Gasteiger partial charge in [-0.1, -0.05) is 23.5 Å². The summed E-state index contributed by atoms with van der Waals surface area (Å²) < 4.78 is 0. The highest BCUT2D eigenvalue weighted by Crippen LogP contribution is 2.17. The summed E-state index contributed by atoms with van der Waals surface area (Å²) in [6.45, 7) is 2.61. The molecule has 0 unspecified atom stereocenters. The van der Waals surface area contributed by atoms with Crippen LogP contribution in [0.2, 0.25) is 0 Å². The summed E-state index contributed by atoms with van der Waals surface area (Å²) in [7, 11) is 1.94. The molecule has 1 aromatic carbocycles. The monoisotopic (exact) mass is 322 g/mol. The van der Waals surface area contributed by atoms with E-state index in [9.17, 15) is 4.79 Å². The molecule has 0 saturated carbocycles. The first-order valence-corrected chi connectivity index (χ1v) is 8.61. The molecule has 7 heteroatoms. The number of aromatic nitrogens is 2. The quantitative estimate of drug-likeness (QED) is 0.829. The van der Waals surface area contributed by atoms with E-state index in [0.717, 1.165) is 6.54 Å². The van der Waals surface area contributed by atoms with E-state index in [1.807, 2.05) is 24.9 Å². The predicted molar refractivity (Wildman–Crippen MR) is 87.7 cm³/mol. The Morgan fingerprint density at radius 3 is 3.00 bits per heavy atom. The largest absolute Gasteiger partial charge is 0.299 e. The van der Waals surface area contributed by atoms with Crippen LogP contribution >= 0.6 is 23.1 Å². The van der Waals surface area contributed by atoms with Crippen molar-refractivity contribution in [3.63, 3.8) is 0 Å². The van der Waals surface area contributed by atoms with Gasteiger partial charge in [0.25, 0.3) is 0 Å². The fourth-order valence-corrected chi connectivity index (χ4v) is 2.77. The lowest BCUT2D eigenvalue weighted by Gasteiger charge is -2.23. The number of benzene rings is 1. The van der Waals surface area contributed by atoms with E-state index in [-0.39, 0.29) is 11.9 Å². The molecule has 2 aromatic rings. The van der Waals surface area contributed by atoms with Crippen LogP contribution < -0.4 is 5.32 Å². The van der Waals surface area contributed by atoms with Crippen LogP contribution in [0.5, 0.6) is 0 Å². The molecule has 0 fully saturated rings. The molecule has 1 N–H and O–H groups in total. The van der Waals surface area contributed by atoms with Crippen molar-refractivity contribution >= 4 is 34.1 Å². The summed E-state index contributed by atoms with van der Waals surface area (Å²) in [5.41, 5.74) is 2.79. The number of thioether (sulfide) groups is 1. The zero-order chi connectivity index (χ0) is 15.2. The fraction of sp³-hybridized carbons (Fsp3) is 0.357. The van der Waals surface area contributed by atoms with Crippen LogP contribution in [-0.2, 0) is 11.3 Å². The van der Waals surface area contributed by atoms with Gasteiger partial charge < -0.3 is 0 Å². The molecule has 0 saturated heterocycles. The second kappa shape index (κ2) is 7.53. The Labute approximate surface area is 132 Å². The van der Waals surface area contributed by atoms with Crippen LogP contribution in [0.25, 0.3) is 0 Å². The van der Waals surface area contributed by atoms with Crippen LogP contribution in [0.15, 0.2) is 34.7 Å². The number of amides is 1. The summed E-state index contributed by atoms with van der Waals surface area (Å²) in [4.78, 5) is 15.4. The van der Waals surface area contributed by atoms with Crippen molar-refractivity contribution in [3.8, 4) is 0 Å². The molecule has 0 bridgehead atoms. The zero-order valence-electron chi connectivity index (χ0n) is 12.2. The van der Waals surface area contributed by atoms with Gasteiger partial charge >= 0.3 is 0 Å². The standard InChI is InChI=1S/C14H18N4OS2/c1-10(13(19)16-14-17-15-9-21-14)18(2)8-11-5-4-6-12(7-11)20-3/h4-7,9-10H,8H2,1-3H3,(H,16,17,19)/t10-/m0/s1. The van der Waals surface area contributed by atoms with Crippen LogP contribution in [0, 0.1) is 0 Å². The molecule has 0 spiro atoms. The van der Waals surface area contributed by atoms with Gasteiger partial charge in [-0.25, -0.2) is 0 Å². The number of hydrogen-bond acceptors (Lipinski definition) is 6. The van der Waals surface area contributed by atoms with Crippen molar-refractivity contribution in [2.24, 2.45) is 0 Å². The van der Waals surface area contributed by atoms with E-state index in [0.29, 0.717) is 5.13 Å². The molecule has 1 atom stereocenters. The third-order valence-corrected chi connectivity index (χ3v) is 4.53. The molecule has 1 aromatic heterocycles. The van der Waals surface area contributed by atoms with Gasteiger partial charge in [0.2, 0.25) is 11.0 Å². The number of hydrogen-bond donors (Lipinski definition) is 1. The Morgan fingerprint density at radius 1 is 1.52 bits per heavy atom. The first-order valence-electron chi connectivity index (χ1n) is 6.50. The van der Waals surface area contributed by atoms with Crippen molar-refractivity contribution in [2.45, 2.75) is 24.4 Å². The molecule has 2 rings (SSSR count). The number of rotatable bonds is 6. The van der Waals surface area contributed by atoms with Crippen molar-refractivity contribution in [2.75, 3.05) is 18.6 Å². The minimum Gasteiger partial charge on any atom is -0.299 e. The second-order valence-corrected chi connectivity index (χ2v) is 6.39. The fourth-order valence-electron chi connectivity index (χ4n) is 1.83. The molecular weight excluding hydrogens is 304 g/mol. The Balaban J connectivity index is 1.95. The normalized spacial score (nSPS) is 12.4. The average molecular weight is 322 g/mol. The average Bonchev–Trinajstić information content (AvgIpc) is 2.99. The molecule has 5 nitrogen and oxygen atoms in total. The Morgan fingerprint density at radius 2 is 2.33 bits per heavy atom. The van der Waals surface area contributed by atoms with Gasteiger partial charge in [-0.3, -0.25) is 15.0 Å². The van der Waals surface area contributed by atoms with Crippen molar-refractivity contribution in [1.82, 2.24) is 15.1 Å². The number of nitrogens with zero attached hydrogens (tertiary/aromatic N) is 3. The van der Waals surface area contributed by atoms with Gasteiger partial charge in [0, 0.05) is 11.4 Å². The molecule has 1 heterocycles. The van der Waals surface area contributed by atoms with Crippen LogP contribution in [0.3, 0.4) is 0 Å². The molecule has 0 aliphatic rings. The van der Waals surface area contributed by atoms with Crippen molar-refractivity contribution < 1.29 is 4.79 Å². The Kier molecular flexibility index (Phi) is 5.72. The molecule has 0 aliphatic heterocycles. The number of anilines is 1. The molecule has 112 valence electrons. The maximum Gasteiger partial charge on any atom is 0.243 e. The van der Waals surface area contributed by atoms with E-state index in [4.69, 9.17) is 0 Å². The summed E-state index contributed by atoms with van der Waals surface area (Å²) in [6.07, 6.45) is 2.06. The molecule has 21 heavy (non-hydrogen) atoms. The third kappa shape index (κ3) is 4.52. The van der Waals surface area contributed by atoms with E-state index in [1.165, 1.54) is 21.8 Å². The summed E-state index contributed by atoms with van der Waals surface area (Å²) >= 11 is 3.03. The minimum absolute atomic E-state index is 0.0738. The highest BCUT2D eigenvalue weighted by molar-refractivity contribution is 7.98. The lowest BCUT2D eigenvalue weighted by atomic mass is 10.2. The van der Waals surface area contributed by atoms with Crippen LogP contribution in [0.1, 0.15) is 12.5 Å². The first kappa shape index (κ1) is 15.9. The number of carbonyl (C=O) groups excluding carboxylic acids is 1. The lowest BCUT2D eigenvalue weighted by Crippen LogP contribution is -2.39. The van der Waals surface area contributed by atoms with Crippen LogP contribution in [-0.4, -0.2) is 40.3 Å². The Hall–Kier alpha value is -1.44.